The van der Waals surface area contributed by atoms with Gasteiger partial charge in [-0.25, -0.2) is 0 Å². The van der Waals surface area contributed by atoms with Crippen molar-refractivity contribution in [1.82, 2.24) is 4.57 Å². The summed E-state index contributed by atoms with van der Waals surface area (Å²) in [5.74, 6) is 0. The fraction of sp³-hybridized carbons (Fsp3) is 0. The van der Waals surface area contributed by atoms with Crippen LogP contribution >= 0.6 is 11.6 Å². The molecule has 98 valence electrons. The van der Waals surface area contributed by atoms with Crippen molar-refractivity contribution >= 4 is 17.2 Å². The SMILES string of the molecule is C=C(c1ccccc1)c1cc(Cl)ccc1-n1cccc1. The van der Waals surface area contributed by atoms with E-state index >= 15 is 0 Å². The Labute approximate surface area is 123 Å². The molecule has 1 heterocycles. The van der Waals surface area contributed by atoms with Gasteiger partial charge in [-0.05, 0) is 41.5 Å². The molecule has 3 aromatic rings. The molecule has 1 nitrogen and oxygen atoms in total. The van der Waals surface area contributed by atoms with Crippen molar-refractivity contribution in [3.8, 4) is 5.69 Å². The monoisotopic (exact) mass is 279 g/mol. The predicted molar refractivity (Wildman–Crippen MR) is 85.4 cm³/mol. The van der Waals surface area contributed by atoms with Crippen LogP contribution < -0.4 is 0 Å². The maximum absolute atomic E-state index is 6.16. The largest absolute Gasteiger partial charge is 0.323 e. The summed E-state index contributed by atoms with van der Waals surface area (Å²) in [7, 11) is 0. The Balaban J connectivity index is 2.13. The van der Waals surface area contributed by atoms with Crippen molar-refractivity contribution in [3.05, 3.63) is 95.8 Å². The van der Waals surface area contributed by atoms with Gasteiger partial charge in [0.05, 0.1) is 5.69 Å². The van der Waals surface area contributed by atoms with Gasteiger partial charge >= 0.3 is 0 Å². The molecule has 0 aliphatic carbocycles. The van der Waals surface area contributed by atoms with Gasteiger partial charge in [-0.3, -0.25) is 0 Å². The second kappa shape index (κ2) is 5.40. The zero-order chi connectivity index (χ0) is 13.9. The van der Waals surface area contributed by atoms with Crippen LogP contribution in [-0.2, 0) is 0 Å². The number of nitrogens with zero attached hydrogens (tertiary/aromatic N) is 1. The fourth-order valence-electron chi connectivity index (χ4n) is 2.27. The first-order valence-corrected chi connectivity index (χ1v) is 6.81. The summed E-state index contributed by atoms with van der Waals surface area (Å²) < 4.78 is 2.07. The van der Waals surface area contributed by atoms with Gasteiger partial charge in [0.2, 0.25) is 0 Å². The molecule has 0 saturated carbocycles. The van der Waals surface area contributed by atoms with Gasteiger partial charge in [0.25, 0.3) is 0 Å². The van der Waals surface area contributed by atoms with Crippen LogP contribution in [0.25, 0.3) is 11.3 Å². The molecule has 0 spiro atoms. The van der Waals surface area contributed by atoms with E-state index in [1.807, 2.05) is 60.9 Å². The first kappa shape index (κ1) is 12.8. The van der Waals surface area contributed by atoms with Crippen molar-refractivity contribution in [2.24, 2.45) is 0 Å². The van der Waals surface area contributed by atoms with E-state index in [4.69, 9.17) is 11.6 Å². The molecule has 0 unspecified atom stereocenters. The van der Waals surface area contributed by atoms with Crippen LogP contribution in [-0.4, -0.2) is 4.57 Å². The van der Waals surface area contributed by atoms with Crippen LogP contribution in [0, 0.1) is 0 Å². The minimum absolute atomic E-state index is 0.716. The molecule has 0 aliphatic heterocycles. The minimum Gasteiger partial charge on any atom is -0.323 e. The number of hydrogen-bond acceptors (Lipinski definition) is 0. The molecular formula is C18H14ClN. The third-order valence-corrected chi connectivity index (χ3v) is 3.52. The quantitative estimate of drug-likeness (QED) is 0.621. The van der Waals surface area contributed by atoms with Crippen molar-refractivity contribution in [3.63, 3.8) is 0 Å². The Morgan fingerprint density at radius 3 is 2.30 bits per heavy atom. The van der Waals surface area contributed by atoms with E-state index in [1.54, 1.807) is 0 Å². The van der Waals surface area contributed by atoms with E-state index in [0.717, 1.165) is 22.4 Å². The molecule has 0 N–H and O–H groups in total. The lowest BCUT2D eigenvalue weighted by Crippen LogP contribution is -1.97. The van der Waals surface area contributed by atoms with E-state index < -0.39 is 0 Å². The van der Waals surface area contributed by atoms with Crippen LogP contribution in [0.2, 0.25) is 5.02 Å². The lowest BCUT2D eigenvalue weighted by atomic mass is 9.98. The average molecular weight is 280 g/mol. The second-order valence-electron chi connectivity index (χ2n) is 4.60. The molecule has 2 heteroatoms. The molecule has 2 aromatic carbocycles. The summed E-state index contributed by atoms with van der Waals surface area (Å²) in [6.07, 6.45) is 4.04. The highest BCUT2D eigenvalue weighted by atomic mass is 35.5. The van der Waals surface area contributed by atoms with Gasteiger partial charge in [0.15, 0.2) is 0 Å². The van der Waals surface area contributed by atoms with Crippen molar-refractivity contribution in [2.75, 3.05) is 0 Å². The molecule has 0 bridgehead atoms. The Morgan fingerprint density at radius 1 is 0.900 bits per heavy atom. The summed E-state index contributed by atoms with van der Waals surface area (Å²) >= 11 is 6.16. The molecular weight excluding hydrogens is 266 g/mol. The Kier molecular flexibility index (Phi) is 3.44. The van der Waals surface area contributed by atoms with Gasteiger partial charge in [-0.1, -0.05) is 48.5 Å². The van der Waals surface area contributed by atoms with Crippen LogP contribution in [0.15, 0.2) is 79.6 Å². The maximum atomic E-state index is 6.16. The summed E-state index contributed by atoms with van der Waals surface area (Å²) in [6, 6.07) is 20.0. The maximum Gasteiger partial charge on any atom is 0.0528 e. The Hall–Kier alpha value is -2.25. The second-order valence-corrected chi connectivity index (χ2v) is 5.03. The lowest BCUT2D eigenvalue weighted by Gasteiger charge is -2.14. The van der Waals surface area contributed by atoms with E-state index in [9.17, 15) is 0 Å². The molecule has 20 heavy (non-hydrogen) atoms. The zero-order valence-electron chi connectivity index (χ0n) is 11.0. The standard InChI is InChI=1S/C18H14ClN/c1-14(15-7-3-2-4-8-15)17-13-16(19)9-10-18(17)20-11-5-6-12-20/h2-13H,1H2. The highest BCUT2D eigenvalue weighted by Gasteiger charge is 2.10. The van der Waals surface area contributed by atoms with Gasteiger partial charge in [-0.15, -0.1) is 0 Å². The zero-order valence-corrected chi connectivity index (χ0v) is 11.7. The highest BCUT2D eigenvalue weighted by molar-refractivity contribution is 6.30. The predicted octanol–water partition coefficient (Wildman–Crippen LogP) is 5.19. The van der Waals surface area contributed by atoms with Gasteiger partial charge in [0, 0.05) is 23.0 Å². The first-order valence-electron chi connectivity index (χ1n) is 6.43. The molecule has 0 aliphatic rings. The van der Waals surface area contributed by atoms with E-state index in [1.165, 1.54) is 0 Å². The Morgan fingerprint density at radius 2 is 1.60 bits per heavy atom. The summed E-state index contributed by atoms with van der Waals surface area (Å²) in [6.45, 7) is 4.23. The summed E-state index contributed by atoms with van der Waals surface area (Å²) in [4.78, 5) is 0. The molecule has 3 rings (SSSR count). The first-order chi connectivity index (χ1) is 9.75. The molecule has 1 aromatic heterocycles. The van der Waals surface area contributed by atoms with Crippen LogP contribution in [0.4, 0.5) is 0 Å². The number of rotatable bonds is 3. The third kappa shape index (κ3) is 2.40. The minimum atomic E-state index is 0.716. The van der Waals surface area contributed by atoms with Crippen molar-refractivity contribution < 1.29 is 0 Å². The smallest absolute Gasteiger partial charge is 0.0528 e. The van der Waals surface area contributed by atoms with Crippen molar-refractivity contribution in [2.45, 2.75) is 0 Å². The van der Waals surface area contributed by atoms with Crippen LogP contribution in [0.1, 0.15) is 11.1 Å². The molecule has 0 atom stereocenters. The van der Waals surface area contributed by atoms with Gasteiger partial charge in [-0.2, -0.15) is 0 Å². The molecule has 0 saturated heterocycles. The van der Waals surface area contributed by atoms with Crippen LogP contribution in [0.3, 0.4) is 0 Å². The van der Waals surface area contributed by atoms with Crippen molar-refractivity contribution in [1.29, 1.82) is 0 Å². The van der Waals surface area contributed by atoms with E-state index in [-0.39, 0.29) is 0 Å². The van der Waals surface area contributed by atoms with Crippen LogP contribution in [0.5, 0.6) is 0 Å². The number of hydrogen-bond donors (Lipinski definition) is 0. The summed E-state index contributed by atoms with van der Waals surface area (Å²) in [5, 5.41) is 0.716. The lowest BCUT2D eigenvalue weighted by molar-refractivity contribution is 1.07. The molecule has 0 radical (unpaired) electrons. The molecule has 0 fully saturated rings. The Bertz CT molecular complexity index is 727. The molecule has 0 amide bonds. The van der Waals surface area contributed by atoms with E-state index in [2.05, 4.69) is 23.3 Å². The van der Waals surface area contributed by atoms with Gasteiger partial charge < -0.3 is 4.57 Å². The van der Waals surface area contributed by atoms with E-state index in [0.29, 0.717) is 5.02 Å². The normalized spacial score (nSPS) is 10.4. The van der Waals surface area contributed by atoms with Gasteiger partial charge in [0.1, 0.15) is 0 Å². The fourth-order valence-corrected chi connectivity index (χ4v) is 2.44. The highest BCUT2D eigenvalue weighted by Crippen LogP contribution is 2.29. The number of benzene rings is 2. The topological polar surface area (TPSA) is 4.93 Å². The summed E-state index contributed by atoms with van der Waals surface area (Å²) in [5.41, 5.74) is 4.19. The number of halogens is 1. The average Bonchev–Trinajstić information content (AvgIpc) is 3.01. The number of aromatic nitrogens is 1. The third-order valence-electron chi connectivity index (χ3n) is 3.29.